The fourth-order valence-corrected chi connectivity index (χ4v) is 3.54. The summed E-state index contributed by atoms with van der Waals surface area (Å²) in [5.74, 6) is 0.0419. The fraction of sp³-hybridized carbons (Fsp3) is 0.231. The summed E-state index contributed by atoms with van der Waals surface area (Å²) in [7, 11) is 0. The summed E-state index contributed by atoms with van der Waals surface area (Å²) in [4.78, 5) is 24.9. The molecule has 0 saturated carbocycles. The second-order valence-electron chi connectivity index (χ2n) is 7.71. The predicted molar refractivity (Wildman–Crippen MR) is 134 cm³/mol. The van der Waals surface area contributed by atoms with Crippen molar-refractivity contribution in [1.29, 1.82) is 0 Å². The summed E-state index contributed by atoms with van der Waals surface area (Å²) < 4.78 is 0. The monoisotopic (exact) mass is 468 g/mol. The van der Waals surface area contributed by atoms with Gasteiger partial charge in [0, 0.05) is 58.5 Å². The van der Waals surface area contributed by atoms with Gasteiger partial charge in [-0.3, -0.25) is 9.59 Å². The Morgan fingerprint density at radius 2 is 1.03 bits per heavy atom. The van der Waals surface area contributed by atoms with Crippen molar-refractivity contribution in [2.24, 2.45) is 0 Å². The molecular weight excluding hydrogens is 443 g/mol. The van der Waals surface area contributed by atoms with E-state index in [1.54, 1.807) is 24.3 Å². The molecule has 32 heavy (non-hydrogen) atoms. The van der Waals surface area contributed by atoms with Crippen molar-refractivity contribution < 1.29 is 9.59 Å². The zero-order valence-corrected chi connectivity index (χ0v) is 19.7. The average Bonchev–Trinajstić information content (AvgIpc) is 2.78. The molecule has 0 amide bonds. The first-order valence-corrected chi connectivity index (χ1v) is 11.3. The van der Waals surface area contributed by atoms with Gasteiger partial charge in [-0.1, -0.05) is 59.6 Å². The Labute approximate surface area is 198 Å². The first-order valence-electron chi connectivity index (χ1n) is 10.5. The summed E-state index contributed by atoms with van der Waals surface area (Å²) in [5.41, 5.74) is 4.98. The number of carbonyl (C=O) groups excluding carboxylic acids is 2. The van der Waals surface area contributed by atoms with Crippen LogP contribution in [0.4, 0.5) is 11.4 Å². The van der Waals surface area contributed by atoms with Crippen LogP contribution in [0.2, 0.25) is 10.0 Å². The molecule has 0 saturated heterocycles. The molecule has 0 spiro atoms. The van der Waals surface area contributed by atoms with Gasteiger partial charge in [-0.05, 0) is 49.2 Å². The van der Waals surface area contributed by atoms with E-state index in [1.807, 2.05) is 50.2 Å². The zero-order valence-electron chi connectivity index (χ0n) is 18.2. The van der Waals surface area contributed by atoms with Gasteiger partial charge in [-0.15, -0.1) is 0 Å². The molecule has 2 N–H and O–H groups in total. The second-order valence-corrected chi connectivity index (χ2v) is 8.52. The molecule has 0 radical (unpaired) electrons. The third-order valence-corrected chi connectivity index (χ3v) is 6.05. The summed E-state index contributed by atoms with van der Waals surface area (Å²) in [5, 5.41) is 7.81. The van der Waals surface area contributed by atoms with Gasteiger partial charge in [-0.2, -0.15) is 0 Å². The van der Waals surface area contributed by atoms with E-state index in [2.05, 4.69) is 10.6 Å². The van der Waals surface area contributed by atoms with Crippen LogP contribution in [-0.2, 0) is 0 Å². The highest BCUT2D eigenvalue weighted by atomic mass is 35.5. The first kappa shape index (κ1) is 23.8. The number of hydrogen-bond donors (Lipinski definition) is 2. The standard InChI is InChI=1S/C26H26Cl2N2O2/c1-17-3-9-21(15-23(17)27)29-13-11-25(31)19-5-7-20(8-6-19)26(32)12-14-30-22-10-4-18(2)24(28)16-22/h3-10,15-16,29-30H,11-14H2,1-2H3. The molecule has 3 aromatic rings. The minimum absolute atomic E-state index is 0.0209. The lowest BCUT2D eigenvalue weighted by Crippen LogP contribution is -2.10. The number of ketones is 2. The minimum atomic E-state index is 0.0209. The predicted octanol–water partition coefficient (Wildman–Crippen LogP) is 6.98. The highest BCUT2D eigenvalue weighted by Crippen LogP contribution is 2.21. The average molecular weight is 469 g/mol. The Morgan fingerprint density at radius 1 is 0.656 bits per heavy atom. The highest BCUT2D eigenvalue weighted by molar-refractivity contribution is 6.31. The molecule has 3 aromatic carbocycles. The van der Waals surface area contributed by atoms with Gasteiger partial charge in [0.05, 0.1) is 0 Å². The number of Topliss-reactive ketones (excluding diaryl/α,β-unsaturated/α-hetero) is 2. The lowest BCUT2D eigenvalue weighted by Gasteiger charge is -2.09. The van der Waals surface area contributed by atoms with Crippen LogP contribution in [0.15, 0.2) is 60.7 Å². The fourth-order valence-electron chi connectivity index (χ4n) is 3.18. The van der Waals surface area contributed by atoms with Crippen LogP contribution in [0.1, 0.15) is 44.7 Å². The van der Waals surface area contributed by atoms with E-state index in [1.165, 1.54) is 0 Å². The van der Waals surface area contributed by atoms with Gasteiger partial charge in [0.2, 0.25) is 0 Å². The lowest BCUT2D eigenvalue weighted by molar-refractivity contribution is 0.0975. The van der Waals surface area contributed by atoms with Crippen molar-refractivity contribution in [1.82, 2.24) is 0 Å². The molecule has 0 unspecified atom stereocenters. The number of nitrogens with one attached hydrogen (secondary N) is 2. The Bertz CT molecular complexity index is 1020. The van der Waals surface area contributed by atoms with E-state index in [0.717, 1.165) is 22.5 Å². The summed E-state index contributed by atoms with van der Waals surface area (Å²) in [6.07, 6.45) is 0.698. The smallest absolute Gasteiger partial charge is 0.164 e. The molecular formula is C26H26Cl2N2O2. The molecule has 0 atom stereocenters. The van der Waals surface area contributed by atoms with Gasteiger partial charge >= 0.3 is 0 Å². The van der Waals surface area contributed by atoms with Gasteiger partial charge in [0.25, 0.3) is 0 Å². The van der Waals surface area contributed by atoms with E-state index < -0.39 is 0 Å². The molecule has 0 fully saturated rings. The SMILES string of the molecule is Cc1ccc(NCCC(=O)c2ccc(C(=O)CCNc3ccc(C)c(Cl)c3)cc2)cc1Cl. The van der Waals surface area contributed by atoms with Crippen LogP contribution in [-0.4, -0.2) is 24.7 Å². The Balaban J connectivity index is 1.45. The van der Waals surface area contributed by atoms with Crippen LogP contribution in [0, 0.1) is 13.8 Å². The quantitative estimate of drug-likeness (QED) is 0.315. The van der Waals surface area contributed by atoms with E-state index in [4.69, 9.17) is 23.2 Å². The van der Waals surface area contributed by atoms with E-state index in [-0.39, 0.29) is 11.6 Å². The molecule has 0 heterocycles. The number of hydrogen-bond acceptors (Lipinski definition) is 4. The Morgan fingerprint density at radius 3 is 1.38 bits per heavy atom. The molecule has 6 heteroatoms. The van der Waals surface area contributed by atoms with Gasteiger partial charge in [-0.25, -0.2) is 0 Å². The van der Waals surface area contributed by atoms with Crippen molar-refractivity contribution in [3.63, 3.8) is 0 Å². The van der Waals surface area contributed by atoms with Crippen LogP contribution >= 0.6 is 23.2 Å². The number of benzene rings is 3. The van der Waals surface area contributed by atoms with Crippen LogP contribution < -0.4 is 10.6 Å². The number of halogens is 2. The maximum absolute atomic E-state index is 12.4. The van der Waals surface area contributed by atoms with Crippen molar-refractivity contribution in [3.8, 4) is 0 Å². The molecule has 0 aliphatic carbocycles. The second kappa shape index (κ2) is 11.2. The lowest BCUT2D eigenvalue weighted by atomic mass is 10.0. The van der Waals surface area contributed by atoms with Crippen LogP contribution in [0.25, 0.3) is 0 Å². The van der Waals surface area contributed by atoms with Gasteiger partial charge in [0.15, 0.2) is 11.6 Å². The third kappa shape index (κ3) is 6.59. The van der Waals surface area contributed by atoms with E-state index >= 15 is 0 Å². The minimum Gasteiger partial charge on any atom is -0.385 e. The van der Waals surface area contributed by atoms with Crippen molar-refractivity contribution >= 4 is 46.1 Å². The maximum Gasteiger partial charge on any atom is 0.164 e. The molecule has 0 aliphatic rings. The largest absolute Gasteiger partial charge is 0.385 e. The number of carbonyl (C=O) groups is 2. The topological polar surface area (TPSA) is 58.2 Å². The van der Waals surface area contributed by atoms with Gasteiger partial charge < -0.3 is 10.6 Å². The number of aryl methyl sites for hydroxylation is 2. The van der Waals surface area contributed by atoms with Crippen LogP contribution in [0.3, 0.4) is 0 Å². The van der Waals surface area contributed by atoms with Crippen molar-refractivity contribution in [3.05, 3.63) is 93.0 Å². The van der Waals surface area contributed by atoms with Crippen molar-refractivity contribution in [2.75, 3.05) is 23.7 Å². The first-order chi connectivity index (χ1) is 15.3. The summed E-state index contributed by atoms with van der Waals surface area (Å²) >= 11 is 12.2. The number of rotatable bonds is 10. The van der Waals surface area contributed by atoms with E-state index in [0.29, 0.717) is 47.1 Å². The summed E-state index contributed by atoms with van der Waals surface area (Å²) in [6, 6.07) is 18.3. The van der Waals surface area contributed by atoms with E-state index in [9.17, 15) is 9.59 Å². The highest BCUT2D eigenvalue weighted by Gasteiger charge is 2.10. The molecule has 0 aromatic heterocycles. The van der Waals surface area contributed by atoms with Crippen LogP contribution in [0.5, 0.6) is 0 Å². The summed E-state index contributed by atoms with van der Waals surface area (Å²) in [6.45, 7) is 4.91. The van der Waals surface area contributed by atoms with Crippen molar-refractivity contribution in [2.45, 2.75) is 26.7 Å². The molecule has 166 valence electrons. The Hall–Kier alpha value is -2.82. The molecule has 4 nitrogen and oxygen atoms in total. The van der Waals surface area contributed by atoms with Gasteiger partial charge in [0.1, 0.15) is 0 Å². The number of anilines is 2. The third-order valence-electron chi connectivity index (χ3n) is 5.23. The maximum atomic E-state index is 12.4. The molecule has 0 aliphatic heterocycles. The molecule has 3 rings (SSSR count). The Kier molecular flexibility index (Phi) is 8.32. The zero-order chi connectivity index (χ0) is 23.1. The molecule has 0 bridgehead atoms. The normalized spacial score (nSPS) is 10.6.